The van der Waals surface area contributed by atoms with Crippen LogP contribution in [0.15, 0.2) is 9.59 Å². The maximum absolute atomic E-state index is 11.8. The van der Waals surface area contributed by atoms with Crippen molar-refractivity contribution in [1.29, 1.82) is 0 Å². The molecule has 0 aliphatic heterocycles. The number of nitrogen functional groups attached to an aromatic ring is 1. The second kappa shape index (κ2) is 5.89. The van der Waals surface area contributed by atoms with E-state index in [1.165, 1.54) is 4.57 Å². The van der Waals surface area contributed by atoms with Gasteiger partial charge in [0.25, 0.3) is 5.56 Å². The van der Waals surface area contributed by atoms with Gasteiger partial charge in [-0.3, -0.25) is 14.3 Å². The Labute approximate surface area is 109 Å². The monoisotopic (exact) mass is 272 g/mol. The van der Waals surface area contributed by atoms with Crippen LogP contribution in [0.2, 0.25) is 0 Å². The molecular weight excluding hydrogens is 252 g/mol. The fourth-order valence-electron chi connectivity index (χ4n) is 1.73. The van der Waals surface area contributed by atoms with Crippen LogP contribution in [0.4, 0.5) is 11.5 Å². The topological polar surface area (TPSA) is 133 Å². The van der Waals surface area contributed by atoms with Crippen LogP contribution in [0.5, 0.6) is 0 Å². The number of hydrogen-bond acceptors (Lipinski definition) is 6. The molecule has 1 heterocycles. The Bertz CT molecular complexity index is 536. The highest BCUT2D eigenvalue weighted by molar-refractivity contribution is 5.61. The lowest BCUT2D eigenvalue weighted by Crippen LogP contribution is -2.48. The van der Waals surface area contributed by atoms with Gasteiger partial charge >= 0.3 is 5.69 Å². The number of aliphatic hydroxyl groups excluding tert-OH is 2. The number of hydrogen-bond donors (Lipinski definition) is 5. The van der Waals surface area contributed by atoms with Crippen molar-refractivity contribution in [2.45, 2.75) is 32.4 Å². The standard InChI is InChI=1S/C11H20N4O4/c1-3-11(5-16,6-17)14-7-8(12)15(4-2)10(19)13-9(7)18/h14,16-17H,3-6,12H2,1-2H3,(H,13,18,19). The first kappa shape index (κ1) is 15.3. The minimum absolute atomic E-state index is 0.0176. The number of H-pyrrole nitrogens is 1. The molecule has 0 aromatic carbocycles. The first-order valence-electron chi connectivity index (χ1n) is 6.07. The van der Waals surface area contributed by atoms with Crippen LogP contribution in [-0.2, 0) is 6.54 Å². The number of aliphatic hydroxyl groups is 2. The van der Waals surface area contributed by atoms with Crippen LogP contribution in [0.3, 0.4) is 0 Å². The normalized spacial score (nSPS) is 11.6. The van der Waals surface area contributed by atoms with E-state index >= 15 is 0 Å². The summed E-state index contributed by atoms with van der Waals surface area (Å²) in [5, 5.41) is 21.5. The minimum Gasteiger partial charge on any atom is -0.394 e. The van der Waals surface area contributed by atoms with Crippen LogP contribution < -0.4 is 22.3 Å². The summed E-state index contributed by atoms with van der Waals surface area (Å²) in [6.07, 6.45) is 0.379. The maximum atomic E-state index is 11.8. The van der Waals surface area contributed by atoms with Gasteiger partial charge in [0, 0.05) is 6.54 Å². The molecule has 0 bridgehead atoms. The quantitative estimate of drug-likeness (QED) is 0.436. The zero-order valence-electron chi connectivity index (χ0n) is 11.1. The van der Waals surface area contributed by atoms with E-state index in [1.54, 1.807) is 13.8 Å². The Balaban J connectivity index is 3.36. The predicted octanol–water partition coefficient (Wildman–Crippen LogP) is -1.32. The lowest BCUT2D eigenvalue weighted by Gasteiger charge is -2.31. The van der Waals surface area contributed by atoms with E-state index in [9.17, 15) is 19.8 Å². The molecule has 1 aromatic rings. The number of nitrogens with one attached hydrogen (secondary N) is 2. The first-order valence-corrected chi connectivity index (χ1v) is 6.07. The Morgan fingerprint density at radius 1 is 1.32 bits per heavy atom. The Kier molecular flexibility index (Phi) is 4.73. The second-order valence-electron chi connectivity index (χ2n) is 4.34. The molecule has 19 heavy (non-hydrogen) atoms. The summed E-state index contributed by atoms with van der Waals surface area (Å²) in [6.45, 7) is 3.02. The van der Waals surface area contributed by atoms with Crippen LogP contribution >= 0.6 is 0 Å². The molecule has 0 radical (unpaired) electrons. The largest absolute Gasteiger partial charge is 0.394 e. The molecule has 1 aromatic heterocycles. The molecule has 0 amide bonds. The Morgan fingerprint density at radius 3 is 2.32 bits per heavy atom. The molecular formula is C11H20N4O4. The molecule has 0 unspecified atom stereocenters. The highest BCUT2D eigenvalue weighted by atomic mass is 16.3. The summed E-state index contributed by atoms with van der Waals surface area (Å²) in [6, 6.07) is 0. The molecule has 108 valence electrons. The molecule has 0 saturated heterocycles. The van der Waals surface area contributed by atoms with Gasteiger partial charge in [0.05, 0.1) is 18.8 Å². The van der Waals surface area contributed by atoms with E-state index in [0.717, 1.165) is 0 Å². The highest BCUT2D eigenvalue weighted by Gasteiger charge is 2.28. The van der Waals surface area contributed by atoms with Crippen molar-refractivity contribution in [3.63, 3.8) is 0 Å². The third kappa shape index (κ3) is 2.79. The summed E-state index contributed by atoms with van der Waals surface area (Å²) in [5.74, 6) is -0.0176. The minimum atomic E-state index is -1.06. The molecule has 0 aliphatic rings. The summed E-state index contributed by atoms with van der Waals surface area (Å²) in [5.41, 5.74) is 3.44. The molecule has 0 atom stereocenters. The lowest BCUT2D eigenvalue weighted by atomic mass is 9.98. The molecule has 1 rings (SSSR count). The van der Waals surface area contributed by atoms with Crippen molar-refractivity contribution in [3.05, 3.63) is 20.8 Å². The SMILES string of the molecule is CCn1c(N)c(NC(CC)(CO)CO)c(=O)[nH]c1=O. The van der Waals surface area contributed by atoms with Gasteiger partial charge in [0.1, 0.15) is 11.5 Å². The number of aromatic nitrogens is 2. The summed E-state index contributed by atoms with van der Waals surface area (Å²) in [4.78, 5) is 25.4. The highest BCUT2D eigenvalue weighted by Crippen LogP contribution is 2.19. The maximum Gasteiger partial charge on any atom is 0.330 e. The molecule has 8 heteroatoms. The van der Waals surface area contributed by atoms with Crippen LogP contribution in [0.1, 0.15) is 20.3 Å². The van der Waals surface area contributed by atoms with Gasteiger partial charge < -0.3 is 21.3 Å². The van der Waals surface area contributed by atoms with Gasteiger partial charge in [-0.05, 0) is 13.3 Å². The second-order valence-corrected chi connectivity index (χ2v) is 4.34. The summed E-state index contributed by atoms with van der Waals surface area (Å²) < 4.78 is 1.19. The molecule has 0 spiro atoms. The molecule has 8 nitrogen and oxygen atoms in total. The fourth-order valence-corrected chi connectivity index (χ4v) is 1.73. The fraction of sp³-hybridized carbons (Fsp3) is 0.636. The van der Waals surface area contributed by atoms with E-state index in [-0.39, 0.29) is 24.7 Å². The zero-order valence-corrected chi connectivity index (χ0v) is 11.1. The van der Waals surface area contributed by atoms with E-state index in [4.69, 9.17) is 5.73 Å². The van der Waals surface area contributed by atoms with Crippen molar-refractivity contribution < 1.29 is 10.2 Å². The van der Waals surface area contributed by atoms with E-state index in [2.05, 4.69) is 10.3 Å². The number of nitrogens with two attached hydrogens (primary N) is 1. The van der Waals surface area contributed by atoms with E-state index in [1.807, 2.05) is 0 Å². The molecule has 0 aliphatic carbocycles. The summed E-state index contributed by atoms with van der Waals surface area (Å²) >= 11 is 0. The van der Waals surface area contributed by atoms with E-state index in [0.29, 0.717) is 13.0 Å². The van der Waals surface area contributed by atoms with Crippen LogP contribution in [0.25, 0.3) is 0 Å². The zero-order chi connectivity index (χ0) is 14.6. The average Bonchev–Trinajstić information content (AvgIpc) is 2.40. The van der Waals surface area contributed by atoms with Crippen molar-refractivity contribution >= 4 is 11.5 Å². The van der Waals surface area contributed by atoms with Gasteiger partial charge in [-0.1, -0.05) is 6.92 Å². The van der Waals surface area contributed by atoms with Crippen molar-refractivity contribution in [3.8, 4) is 0 Å². The van der Waals surface area contributed by atoms with Crippen molar-refractivity contribution in [1.82, 2.24) is 9.55 Å². The third-order valence-electron chi connectivity index (χ3n) is 3.23. The number of anilines is 2. The lowest BCUT2D eigenvalue weighted by molar-refractivity contribution is 0.132. The Hall–Kier alpha value is -1.80. The predicted molar refractivity (Wildman–Crippen MR) is 72.2 cm³/mol. The first-order chi connectivity index (χ1) is 8.94. The number of rotatable bonds is 6. The number of aromatic amines is 1. The van der Waals surface area contributed by atoms with Crippen LogP contribution in [0, 0.1) is 0 Å². The van der Waals surface area contributed by atoms with E-state index < -0.39 is 16.8 Å². The molecule has 0 saturated carbocycles. The van der Waals surface area contributed by atoms with Gasteiger partial charge in [-0.15, -0.1) is 0 Å². The van der Waals surface area contributed by atoms with Crippen LogP contribution in [-0.4, -0.2) is 38.5 Å². The van der Waals surface area contributed by atoms with Crippen molar-refractivity contribution in [2.24, 2.45) is 0 Å². The van der Waals surface area contributed by atoms with Crippen molar-refractivity contribution in [2.75, 3.05) is 24.3 Å². The average molecular weight is 272 g/mol. The number of nitrogens with zero attached hydrogens (tertiary/aromatic N) is 1. The molecule has 0 fully saturated rings. The van der Waals surface area contributed by atoms with Gasteiger partial charge in [0.2, 0.25) is 0 Å². The Morgan fingerprint density at radius 2 is 1.89 bits per heavy atom. The van der Waals surface area contributed by atoms with Gasteiger partial charge in [-0.2, -0.15) is 0 Å². The smallest absolute Gasteiger partial charge is 0.330 e. The summed E-state index contributed by atoms with van der Waals surface area (Å²) in [7, 11) is 0. The van der Waals surface area contributed by atoms with Gasteiger partial charge in [0.15, 0.2) is 0 Å². The third-order valence-corrected chi connectivity index (χ3v) is 3.23. The molecule has 6 N–H and O–H groups in total. The van der Waals surface area contributed by atoms with Gasteiger partial charge in [-0.25, -0.2) is 4.79 Å².